The Morgan fingerprint density at radius 1 is 0.562 bits per heavy atom. The molecule has 0 N–H and O–H groups in total. The number of hydrogen-bond acceptors (Lipinski definition) is 0. The van der Waals surface area contributed by atoms with E-state index in [0.29, 0.717) is 15.4 Å². The van der Waals surface area contributed by atoms with Gasteiger partial charge in [-0.3, -0.25) is 0 Å². The Kier molecular flexibility index (Phi) is 16.0. The third-order valence-corrected chi connectivity index (χ3v) is 8.56. The fraction of sp³-hybridized carbons (Fsp3) is 0.318. The van der Waals surface area contributed by atoms with Crippen molar-refractivity contribution in [2.75, 3.05) is 0 Å². The molecule has 0 nitrogen and oxygen atoms in total. The number of aryl methyl sites for hydroxylation is 2. The standard InChI is InChI=1S/2C21H23.C2H6Ge.2ClH.Zr/c2*1-5-15-13-17-7-6-8-19(20(17)14-15)16-9-11-18(12-10-16)21(2,3)4;1-3-2;;;/h2*6-14H,5H2,1-4H3;1-2H3;2*1H;/q2*-1;;;;+4/p-2. The van der Waals surface area contributed by atoms with Gasteiger partial charge in [-0.05, 0) is 45.9 Å². The first-order chi connectivity index (χ1) is 22.8. The minimum absolute atomic E-state index is 0.209. The van der Waals surface area contributed by atoms with Gasteiger partial charge in [-0.2, -0.15) is 12.1 Å². The summed E-state index contributed by atoms with van der Waals surface area (Å²) in [7, 11) is 9.87. The fourth-order valence-corrected chi connectivity index (χ4v) is 5.80. The maximum atomic E-state index is 4.93. The van der Waals surface area contributed by atoms with E-state index < -0.39 is 20.8 Å². The van der Waals surface area contributed by atoms with Crippen molar-refractivity contribution in [1.82, 2.24) is 0 Å². The Bertz CT molecular complexity index is 1690. The van der Waals surface area contributed by atoms with Gasteiger partial charge >= 0.3 is 64.8 Å². The van der Waals surface area contributed by atoms with E-state index in [1.54, 1.807) is 0 Å². The number of hydrogen-bond donors (Lipinski definition) is 0. The summed E-state index contributed by atoms with van der Waals surface area (Å²) in [5.41, 5.74) is 11.3. The fourth-order valence-electron chi connectivity index (χ4n) is 5.80. The SMILES string of the molecule is CCc1cc2c(-c3ccc(C(C)(C)C)cc3)cccc2[cH-]1.CCc1cc2c(-c3ccc(C(C)(C)C)cc3)cccc2[cH-]1.[CH3][Ge][CH3].[Cl][Zr+2][Cl]. The maximum absolute atomic E-state index is 4.93. The molecule has 4 heteroatoms. The van der Waals surface area contributed by atoms with Gasteiger partial charge in [-0.15, -0.1) is 69.1 Å². The van der Waals surface area contributed by atoms with Crippen LogP contribution in [-0.2, 0) is 44.5 Å². The van der Waals surface area contributed by atoms with Crippen LogP contribution in [0.15, 0.2) is 109 Å². The molecule has 0 fully saturated rings. The van der Waals surface area contributed by atoms with Crippen LogP contribution in [0.1, 0.15) is 77.6 Å². The predicted octanol–water partition coefficient (Wildman–Crippen LogP) is 14.3. The first-order valence-corrected chi connectivity index (χ1v) is 27.5. The molecule has 6 rings (SSSR count). The molecule has 0 heterocycles. The molecular weight excluding hydrogens is 763 g/mol. The second-order valence-electron chi connectivity index (χ2n) is 14.3. The van der Waals surface area contributed by atoms with E-state index in [1.165, 1.54) is 66.1 Å². The Hall–Kier alpha value is -1.89. The van der Waals surface area contributed by atoms with Crippen molar-refractivity contribution in [3.8, 4) is 22.3 Å². The van der Waals surface area contributed by atoms with Crippen molar-refractivity contribution in [3.63, 3.8) is 0 Å². The average Bonchev–Trinajstić information content (AvgIpc) is 3.69. The summed E-state index contributed by atoms with van der Waals surface area (Å²) < 4.78 is 0. The van der Waals surface area contributed by atoms with Gasteiger partial charge in [0, 0.05) is 0 Å². The number of fused-ring (bicyclic) bond motifs is 2. The van der Waals surface area contributed by atoms with Gasteiger partial charge in [0.1, 0.15) is 0 Å². The first-order valence-electron chi connectivity index (χ1n) is 16.9. The van der Waals surface area contributed by atoms with Crippen molar-refractivity contribution in [2.24, 2.45) is 0 Å². The Balaban J connectivity index is 0.000000224. The third kappa shape index (κ3) is 11.1. The van der Waals surface area contributed by atoms with E-state index in [-0.39, 0.29) is 10.8 Å². The van der Waals surface area contributed by atoms with Crippen LogP contribution in [0.5, 0.6) is 0 Å². The molecule has 6 aromatic rings. The summed E-state index contributed by atoms with van der Waals surface area (Å²) in [6, 6.07) is 40.6. The van der Waals surface area contributed by atoms with Gasteiger partial charge in [0.2, 0.25) is 0 Å². The zero-order chi connectivity index (χ0) is 35.5. The van der Waals surface area contributed by atoms with Gasteiger partial charge in [0.25, 0.3) is 0 Å². The van der Waals surface area contributed by atoms with Gasteiger partial charge < -0.3 is 0 Å². The molecule has 0 aliphatic rings. The van der Waals surface area contributed by atoms with E-state index in [4.69, 9.17) is 17.0 Å². The topological polar surface area (TPSA) is 0 Å². The number of benzene rings is 4. The predicted molar refractivity (Wildman–Crippen MR) is 215 cm³/mol. The van der Waals surface area contributed by atoms with E-state index in [0.717, 1.165) is 12.8 Å². The number of halogens is 2. The summed E-state index contributed by atoms with van der Waals surface area (Å²) in [6.45, 7) is 18.0. The van der Waals surface area contributed by atoms with Gasteiger partial charge in [0.15, 0.2) is 0 Å². The van der Waals surface area contributed by atoms with Crippen LogP contribution in [0.25, 0.3) is 43.8 Å². The molecule has 0 bridgehead atoms. The van der Waals surface area contributed by atoms with Crippen LogP contribution in [0, 0.1) is 0 Å². The van der Waals surface area contributed by atoms with Crippen molar-refractivity contribution >= 4 is 54.0 Å². The summed E-state index contributed by atoms with van der Waals surface area (Å²) in [4.78, 5) is 0. The van der Waals surface area contributed by atoms with Crippen LogP contribution < -0.4 is 0 Å². The van der Waals surface area contributed by atoms with E-state index >= 15 is 0 Å². The van der Waals surface area contributed by atoms with Crippen LogP contribution in [0.2, 0.25) is 11.5 Å². The van der Waals surface area contributed by atoms with Gasteiger partial charge in [-0.25, -0.2) is 0 Å². The molecule has 2 radical (unpaired) electrons. The molecule has 0 spiro atoms. The Morgan fingerprint density at radius 2 is 0.875 bits per heavy atom. The second kappa shape index (κ2) is 18.9. The van der Waals surface area contributed by atoms with Gasteiger partial charge in [0.05, 0.1) is 0 Å². The monoisotopic (exact) mass is 814 g/mol. The third-order valence-electron chi connectivity index (χ3n) is 8.56. The molecule has 250 valence electrons. The molecule has 0 aliphatic heterocycles. The van der Waals surface area contributed by atoms with Crippen LogP contribution in [0.3, 0.4) is 0 Å². The van der Waals surface area contributed by atoms with Crippen molar-refractivity contribution < 1.29 is 20.8 Å². The quantitative estimate of drug-likeness (QED) is 0.123. The van der Waals surface area contributed by atoms with Crippen molar-refractivity contribution in [2.45, 2.75) is 90.6 Å². The van der Waals surface area contributed by atoms with Crippen molar-refractivity contribution in [3.05, 3.63) is 131 Å². The van der Waals surface area contributed by atoms with Crippen LogP contribution in [-0.4, -0.2) is 15.4 Å². The summed E-state index contributed by atoms with van der Waals surface area (Å²) >= 11 is -0.326. The summed E-state index contributed by atoms with van der Waals surface area (Å²) in [6.07, 6.45) is 2.19. The minimum atomic E-state index is -0.826. The van der Waals surface area contributed by atoms with Crippen LogP contribution in [0.4, 0.5) is 0 Å². The Labute approximate surface area is 316 Å². The number of rotatable bonds is 4. The van der Waals surface area contributed by atoms with E-state index in [1.807, 2.05) is 0 Å². The molecule has 0 amide bonds. The molecular formula is C44H52Cl2GeZr. The molecule has 48 heavy (non-hydrogen) atoms. The van der Waals surface area contributed by atoms with E-state index in [9.17, 15) is 0 Å². The second-order valence-corrected chi connectivity index (χ2v) is 20.1. The average molecular weight is 816 g/mol. The molecule has 0 aromatic heterocycles. The summed E-state index contributed by atoms with van der Waals surface area (Å²) in [5.74, 6) is 4.50. The zero-order valence-corrected chi connectivity index (χ0v) is 36.6. The molecule has 0 unspecified atom stereocenters. The molecule has 0 aliphatic carbocycles. The van der Waals surface area contributed by atoms with E-state index in [2.05, 4.69) is 176 Å². The molecule has 0 saturated carbocycles. The normalized spacial score (nSPS) is 11.1. The molecule has 0 atom stereocenters. The summed E-state index contributed by atoms with van der Waals surface area (Å²) in [5, 5.41) is 5.45. The van der Waals surface area contributed by atoms with Gasteiger partial charge in [-0.1, -0.05) is 127 Å². The zero-order valence-electron chi connectivity index (χ0n) is 30.6. The van der Waals surface area contributed by atoms with Crippen molar-refractivity contribution in [1.29, 1.82) is 0 Å². The molecule has 6 aromatic carbocycles. The van der Waals surface area contributed by atoms with Crippen LogP contribution >= 0.6 is 17.0 Å². The Morgan fingerprint density at radius 3 is 1.15 bits per heavy atom. The first kappa shape index (κ1) is 40.5. The molecule has 0 saturated heterocycles.